The van der Waals surface area contributed by atoms with Crippen LogP contribution in [-0.2, 0) is 9.53 Å². The van der Waals surface area contributed by atoms with Crippen molar-refractivity contribution in [2.45, 2.75) is 39.2 Å². The Kier molecular flexibility index (Phi) is 6.61. The van der Waals surface area contributed by atoms with Crippen molar-refractivity contribution in [1.29, 1.82) is 0 Å². The first kappa shape index (κ1) is 18.3. The third-order valence-electron chi connectivity index (χ3n) is 3.90. The molecule has 1 aromatic rings. The van der Waals surface area contributed by atoms with Gasteiger partial charge in [-0.1, -0.05) is 31.9 Å². The van der Waals surface area contributed by atoms with Crippen LogP contribution in [0.5, 0.6) is 5.75 Å². The number of methoxy groups -OCH3 is 1. The number of carbonyl (C=O) groups is 1. The second-order valence-corrected chi connectivity index (χ2v) is 6.09. The van der Waals surface area contributed by atoms with Crippen LogP contribution < -0.4 is 15.4 Å². The molecule has 5 nitrogen and oxygen atoms in total. The summed E-state index contributed by atoms with van der Waals surface area (Å²) in [6.45, 7) is 4.70. The Hall–Kier alpha value is -2.08. The van der Waals surface area contributed by atoms with Crippen LogP contribution in [0.3, 0.4) is 0 Å². The maximum Gasteiger partial charge on any atom is 0.337 e. The van der Waals surface area contributed by atoms with Crippen LogP contribution in [0.25, 0.3) is 0 Å². The van der Waals surface area contributed by atoms with Crippen molar-refractivity contribution in [2.24, 2.45) is 0 Å². The number of benzene rings is 1. The van der Waals surface area contributed by atoms with Gasteiger partial charge in [-0.25, -0.2) is 4.79 Å². The van der Waals surface area contributed by atoms with E-state index in [1.165, 1.54) is 20.0 Å². The fourth-order valence-corrected chi connectivity index (χ4v) is 2.89. The lowest BCUT2D eigenvalue weighted by Crippen LogP contribution is -2.45. The average molecular weight is 348 g/mol. The van der Waals surface area contributed by atoms with Crippen LogP contribution in [-0.4, -0.2) is 24.8 Å². The van der Waals surface area contributed by atoms with Crippen molar-refractivity contribution >= 4 is 23.3 Å². The largest absolute Gasteiger partial charge is 0.494 e. The molecule has 0 fully saturated rings. The van der Waals surface area contributed by atoms with Crippen molar-refractivity contribution in [3.8, 4) is 5.75 Å². The van der Waals surface area contributed by atoms with E-state index in [1.807, 2.05) is 31.2 Å². The first-order valence-electron chi connectivity index (χ1n) is 8.16. The van der Waals surface area contributed by atoms with Crippen molar-refractivity contribution in [3.05, 3.63) is 41.1 Å². The molecule has 0 amide bonds. The number of nitrogens with one attached hydrogen (secondary N) is 2. The van der Waals surface area contributed by atoms with Crippen LogP contribution in [0, 0.1) is 0 Å². The van der Waals surface area contributed by atoms with Crippen LogP contribution in [0.2, 0.25) is 0 Å². The second-order valence-electron chi connectivity index (χ2n) is 5.69. The molecule has 1 atom stereocenters. The molecule has 0 aliphatic carbocycles. The van der Waals surface area contributed by atoms with Crippen molar-refractivity contribution in [3.63, 3.8) is 0 Å². The van der Waals surface area contributed by atoms with Crippen LogP contribution in [0.1, 0.15) is 44.7 Å². The predicted molar refractivity (Wildman–Crippen MR) is 97.8 cm³/mol. The number of ether oxygens (including phenoxy) is 2. The summed E-state index contributed by atoms with van der Waals surface area (Å²) < 4.78 is 10.6. The Labute approximate surface area is 148 Å². The van der Waals surface area contributed by atoms with Crippen molar-refractivity contribution in [2.75, 3.05) is 13.7 Å². The fourth-order valence-electron chi connectivity index (χ4n) is 2.62. The molecule has 24 heavy (non-hydrogen) atoms. The molecule has 0 spiro atoms. The number of thiocarbonyl (C=S) groups is 1. The van der Waals surface area contributed by atoms with E-state index >= 15 is 0 Å². The number of hydrogen-bond acceptors (Lipinski definition) is 4. The molecule has 0 unspecified atom stereocenters. The van der Waals surface area contributed by atoms with Crippen molar-refractivity contribution < 1.29 is 14.3 Å². The molecule has 2 N–H and O–H groups in total. The summed E-state index contributed by atoms with van der Waals surface area (Å²) in [4.78, 5) is 12.1. The van der Waals surface area contributed by atoms with Gasteiger partial charge in [0, 0.05) is 5.70 Å². The first-order chi connectivity index (χ1) is 11.6. The second kappa shape index (κ2) is 8.68. The first-order valence-corrected chi connectivity index (χ1v) is 8.57. The summed E-state index contributed by atoms with van der Waals surface area (Å²) in [5.41, 5.74) is 2.16. The monoisotopic (exact) mass is 348 g/mol. The van der Waals surface area contributed by atoms with Gasteiger partial charge in [0.2, 0.25) is 0 Å². The lowest BCUT2D eigenvalue weighted by atomic mass is 9.95. The maximum atomic E-state index is 12.1. The molecule has 2 rings (SSSR count). The SMILES string of the molecule is CCCCCOc1ccc([C@H]2NC(=S)NC(C)=C2C(=O)OC)cc1. The van der Waals surface area contributed by atoms with Gasteiger partial charge in [-0.2, -0.15) is 0 Å². The van der Waals surface area contributed by atoms with E-state index in [2.05, 4.69) is 17.6 Å². The van der Waals surface area contributed by atoms with Crippen LogP contribution >= 0.6 is 12.2 Å². The highest BCUT2D eigenvalue weighted by Crippen LogP contribution is 2.28. The Balaban J connectivity index is 2.15. The van der Waals surface area contributed by atoms with E-state index < -0.39 is 0 Å². The molecule has 1 aromatic carbocycles. The number of hydrogen-bond donors (Lipinski definition) is 2. The Morgan fingerprint density at radius 1 is 1.25 bits per heavy atom. The molecular formula is C18H24N2O3S. The Bertz CT molecular complexity index is 626. The highest BCUT2D eigenvalue weighted by Gasteiger charge is 2.30. The molecule has 6 heteroatoms. The van der Waals surface area contributed by atoms with E-state index in [9.17, 15) is 4.79 Å². The molecule has 0 aromatic heterocycles. The third-order valence-corrected chi connectivity index (χ3v) is 4.12. The van der Waals surface area contributed by atoms with Gasteiger partial charge in [-0.05, 0) is 43.3 Å². The standard InChI is InChI=1S/C18H24N2O3S/c1-4-5-6-11-23-14-9-7-13(8-10-14)16-15(17(21)22-3)12(2)19-18(24)20-16/h7-10,16H,4-6,11H2,1-3H3,(H2,19,20,24)/t16-/m1/s1. The van der Waals surface area contributed by atoms with Gasteiger partial charge >= 0.3 is 5.97 Å². The summed E-state index contributed by atoms with van der Waals surface area (Å²) in [5, 5.41) is 6.59. The quantitative estimate of drug-likeness (QED) is 0.448. The smallest absolute Gasteiger partial charge is 0.337 e. The molecule has 130 valence electrons. The zero-order valence-corrected chi connectivity index (χ0v) is 15.2. The lowest BCUT2D eigenvalue weighted by Gasteiger charge is -2.29. The van der Waals surface area contributed by atoms with Gasteiger partial charge < -0.3 is 20.1 Å². The van der Waals surface area contributed by atoms with Crippen molar-refractivity contribution in [1.82, 2.24) is 10.6 Å². The predicted octanol–water partition coefficient (Wildman–Crippen LogP) is 3.22. The summed E-state index contributed by atoms with van der Waals surface area (Å²) in [5.74, 6) is 0.451. The summed E-state index contributed by atoms with van der Waals surface area (Å²) in [7, 11) is 1.37. The number of carbonyl (C=O) groups excluding carboxylic acids is 1. The molecule has 1 aliphatic rings. The molecule has 0 radical (unpaired) electrons. The maximum absolute atomic E-state index is 12.1. The minimum Gasteiger partial charge on any atom is -0.494 e. The number of esters is 1. The fraction of sp³-hybridized carbons (Fsp3) is 0.444. The number of unbranched alkanes of at least 4 members (excludes halogenated alkanes) is 2. The van der Waals surface area contributed by atoms with E-state index in [0.717, 1.165) is 24.3 Å². The topological polar surface area (TPSA) is 59.6 Å². The number of rotatable bonds is 7. The van der Waals surface area contributed by atoms with Gasteiger partial charge in [0.25, 0.3) is 0 Å². The van der Waals surface area contributed by atoms with Gasteiger partial charge in [-0.15, -0.1) is 0 Å². The lowest BCUT2D eigenvalue weighted by molar-refractivity contribution is -0.136. The average Bonchev–Trinajstić information content (AvgIpc) is 2.58. The molecular weight excluding hydrogens is 324 g/mol. The minimum atomic E-state index is -0.375. The van der Waals surface area contributed by atoms with Gasteiger partial charge in [0.1, 0.15) is 5.75 Å². The molecule has 0 saturated heterocycles. The van der Waals surface area contributed by atoms with Crippen LogP contribution in [0.4, 0.5) is 0 Å². The van der Waals surface area contributed by atoms with Gasteiger partial charge in [0.05, 0.1) is 25.3 Å². The zero-order valence-electron chi connectivity index (χ0n) is 14.3. The highest BCUT2D eigenvalue weighted by molar-refractivity contribution is 7.80. The van der Waals surface area contributed by atoms with E-state index in [0.29, 0.717) is 16.4 Å². The highest BCUT2D eigenvalue weighted by atomic mass is 32.1. The van der Waals surface area contributed by atoms with E-state index in [4.69, 9.17) is 21.7 Å². The zero-order chi connectivity index (χ0) is 17.5. The van der Waals surface area contributed by atoms with Crippen LogP contribution in [0.15, 0.2) is 35.5 Å². The molecule has 0 saturated carbocycles. The van der Waals surface area contributed by atoms with E-state index in [1.54, 1.807) is 0 Å². The number of allylic oxidation sites excluding steroid dienone is 1. The molecule has 1 aliphatic heterocycles. The Morgan fingerprint density at radius 3 is 2.58 bits per heavy atom. The normalized spacial score (nSPS) is 17.1. The Morgan fingerprint density at radius 2 is 1.96 bits per heavy atom. The van der Waals surface area contributed by atoms with E-state index in [-0.39, 0.29) is 12.0 Å². The molecule has 1 heterocycles. The third kappa shape index (κ3) is 4.47. The summed E-state index contributed by atoms with van der Waals surface area (Å²) in [6.07, 6.45) is 3.39. The summed E-state index contributed by atoms with van der Waals surface area (Å²) >= 11 is 5.21. The molecule has 0 bridgehead atoms. The summed E-state index contributed by atoms with van der Waals surface area (Å²) in [6, 6.07) is 7.38. The van der Waals surface area contributed by atoms with Gasteiger partial charge in [-0.3, -0.25) is 0 Å². The van der Waals surface area contributed by atoms with Gasteiger partial charge in [0.15, 0.2) is 5.11 Å². The minimum absolute atomic E-state index is 0.333.